The first kappa shape index (κ1) is 55.0. The lowest BCUT2D eigenvalue weighted by Gasteiger charge is -2.24. The van der Waals surface area contributed by atoms with Crippen LogP contribution in [0.2, 0.25) is 0 Å². The molecule has 0 saturated heterocycles. The number of nitrogens with zero attached hydrogens (tertiary/aromatic N) is 1. The van der Waals surface area contributed by atoms with Crippen LogP contribution in [0, 0.1) is 0 Å². The van der Waals surface area contributed by atoms with E-state index in [2.05, 4.69) is 13.8 Å². The largest absolute Gasteiger partial charge is 0.472 e. The molecule has 2 atom stereocenters. The summed E-state index contributed by atoms with van der Waals surface area (Å²) in [6.07, 6.45) is 40.1. The van der Waals surface area contributed by atoms with E-state index >= 15 is 0 Å². The molecule has 0 rings (SSSR count). The molecule has 0 amide bonds. The molecule has 0 saturated carbocycles. The maximum atomic E-state index is 12.7. The van der Waals surface area contributed by atoms with Gasteiger partial charge in [-0.05, 0) is 12.8 Å². The standard InChI is InChI=1S/C46H92NO8P/c1-6-8-10-12-14-16-18-20-21-22-23-24-25-26-27-29-31-33-35-37-39-46(49)55-44(43-54-56(50,51)53-41-40-47(3,4)5)42-52-45(48)38-36-34-32-30-28-19-17-15-13-11-9-7-2/h44H,6-43H2,1-5H3/p+1/t44-/m1/s1. The predicted octanol–water partition coefficient (Wildman–Crippen LogP) is 13.6. The summed E-state index contributed by atoms with van der Waals surface area (Å²) in [7, 11) is 1.49. The van der Waals surface area contributed by atoms with Crippen LogP contribution in [-0.4, -0.2) is 74.9 Å². The minimum Gasteiger partial charge on any atom is -0.462 e. The highest BCUT2D eigenvalue weighted by Gasteiger charge is 2.27. The maximum Gasteiger partial charge on any atom is 0.472 e. The van der Waals surface area contributed by atoms with Crippen molar-refractivity contribution in [2.45, 2.75) is 238 Å². The number of quaternary nitrogens is 1. The average Bonchev–Trinajstić information content (AvgIpc) is 3.15. The molecule has 9 nitrogen and oxygen atoms in total. The molecule has 0 fully saturated rings. The normalized spacial score (nSPS) is 13.5. The van der Waals surface area contributed by atoms with E-state index in [1.165, 1.54) is 167 Å². The van der Waals surface area contributed by atoms with E-state index in [0.717, 1.165) is 38.5 Å². The van der Waals surface area contributed by atoms with E-state index in [1.807, 2.05) is 21.1 Å². The highest BCUT2D eigenvalue weighted by molar-refractivity contribution is 7.47. The SMILES string of the molecule is CCCCCCCCCCCCCCCCCCCCCCC(=O)O[C@H](COC(=O)CCCCCCCCCCCCCC)COP(=O)(O)OCC[N+](C)(C)C. The third kappa shape index (κ3) is 42.6. The molecular weight excluding hydrogens is 725 g/mol. The zero-order valence-corrected chi connectivity index (χ0v) is 38.5. The van der Waals surface area contributed by atoms with Gasteiger partial charge in [0.1, 0.15) is 19.8 Å². The fourth-order valence-electron chi connectivity index (χ4n) is 6.90. The van der Waals surface area contributed by atoms with Crippen molar-refractivity contribution in [3.05, 3.63) is 0 Å². The van der Waals surface area contributed by atoms with Gasteiger partial charge < -0.3 is 18.9 Å². The number of esters is 2. The number of unbranched alkanes of at least 4 members (excludes halogenated alkanes) is 30. The molecule has 334 valence electrons. The van der Waals surface area contributed by atoms with Gasteiger partial charge in [0.2, 0.25) is 0 Å². The Morgan fingerprint density at radius 3 is 1.14 bits per heavy atom. The summed E-state index contributed by atoms with van der Waals surface area (Å²) in [6, 6.07) is 0. The number of carbonyl (C=O) groups excluding carboxylic acids is 2. The van der Waals surface area contributed by atoms with E-state index in [9.17, 15) is 19.0 Å². The Morgan fingerprint density at radius 1 is 0.482 bits per heavy atom. The molecule has 56 heavy (non-hydrogen) atoms. The van der Waals surface area contributed by atoms with Crippen molar-refractivity contribution in [1.29, 1.82) is 0 Å². The summed E-state index contributed by atoms with van der Waals surface area (Å²) in [5, 5.41) is 0. The van der Waals surface area contributed by atoms with Crippen LogP contribution in [0.15, 0.2) is 0 Å². The molecule has 0 spiro atoms. The molecular formula is C46H93NO8P+. The lowest BCUT2D eigenvalue weighted by atomic mass is 10.0. The van der Waals surface area contributed by atoms with Gasteiger partial charge in [-0.3, -0.25) is 18.6 Å². The number of hydrogen-bond acceptors (Lipinski definition) is 7. The monoisotopic (exact) mass is 819 g/mol. The fourth-order valence-corrected chi connectivity index (χ4v) is 7.64. The van der Waals surface area contributed by atoms with Crippen molar-refractivity contribution >= 4 is 19.8 Å². The van der Waals surface area contributed by atoms with Gasteiger partial charge in [0.25, 0.3) is 0 Å². The second kappa shape index (κ2) is 39.5. The van der Waals surface area contributed by atoms with Gasteiger partial charge in [0.05, 0.1) is 27.7 Å². The van der Waals surface area contributed by atoms with Crippen LogP contribution < -0.4 is 0 Å². The molecule has 1 N–H and O–H groups in total. The summed E-state index contributed by atoms with van der Waals surface area (Å²) in [4.78, 5) is 35.4. The van der Waals surface area contributed by atoms with Gasteiger partial charge >= 0.3 is 19.8 Å². The number of phosphoric ester groups is 1. The first-order valence-electron chi connectivity index (χ1n) is 23.8. The molecule has 0 aliphatic carbocycles. The van der Waals surface area contributed by atoms with Crippen LogP contribution >= 0.6 is 7.82 Å². The van der Waals surface area contributed by atoms with Crippen LogP contribution in [0.3, 0.4) is 0 Å². The maximum absolute atomic E-state index is 12.7. The van der Waals surface area contributed by atoms with Gasteiger partial charge in [0.15, 0.2) is 6.10 Å². The van der Waals surface area contributed by atoms with Gasteiger partial charge in [-0.2, -0.15) is 0 Å². The molecule has 0 aromatic carbocycles. The van der Waals surface area contributed by atoms with Gasteiger partial charge in [-0.15, -0.1) is 0 Å². The number of rotatable bonds is 44. The van der Waals surface area contributed by atoms with Gasteiger partial charge in [-0.1, -0.05) is 206 Å². The van der Waals surface area contributed by atoms with Gasteiger partial charge in [0, 0.05) is 12.8 Å². The lowest BCUT2D eigenvalue weighted by Crippen LogP contribution is -2.37. The van der Waals surface area contributed by atoms with Crippen LogP contribution in [0.5, 0.6) is 0 Å². The Kier molecular flexibility index (Phi) is 38.8. The van der Waals surface area contributed by atoms with Crippen molar-refractivity contribution < 1.29 is 42.1 Å². The van der Waals surface area contributed by atoms with Crippen molar-refractivity contribution in [2.24, 2.45) is 0 Å². The number of phosphoric acid groups is 1. The molecule has 0 aliphatic rings. The highest BCUT2D eigenvalue weighted by atomic mass is 31.2. The zero-order valence-electron chi connectivity index (χ0n) is 37.6. The zero-order chi connectivity index (χ0) is 41.4. The Balaban J connectivity index is 4.22. The molecule has 0 aromatic rings. The van der Waals surface area contributed by atoms with Crippen LogP contribution in [0.1, 0.15) is 232 Å². The molecule has 0 bridgehead atoms. The van der Waals surface area contributed by atoms with E-state index in [-0.39, 0.29) is 25.6 Å². The molecule has 1 unspecified atom stereocenters. The minimum atomic E-state index is -4.37. The third-order valence-electron chi connectivity index (χ3n) is 10.6. The quantitative estimate of drug-likeness (QED) is 0.0280. The fraction of sp³-hybridized carbons (Fsp3) is 0.957. The number of carbonyl (C=O) groups is 2. The summed E-state index contributed by atoms with van der Waals surface area (Å²) >= 11 is 0. The predicted molar refractivity (Wildman–Crippen MR) is 234 cm³/mol. The minimum absolute atomic E-state index is 0.0369. The topological polar surface area (TPSA) is 108 Å². The van der Waals surface area contributed by atoms with Gasteiger partial charge in [-0.25, -0.2) is 4.57 Å². The average molecular weight is 819 g/mol. The number of likely N-dealkylation sites (N-methyl/N-ethyl adjacent to an activating group) is 1. The van der Waals surface area contributed by atoms with E-state index in [1.54, 1.807) is 0 Å². The third-order valence-corrected chi connectivity index (χ3v) is 11.6. The number of ether oxygens (including phenoxy) is 2. The summed E-state index contributed by atoms with van der Waals surface area (Å²) in [5.74, 6) is -0.782. The van der Waals surface area contributed by atoms with Crippen LogP contribution in [-0.2, 0) is 32.7 Å². The van der Waals surface area contributed by atoms with Crippen LogP contribution in [0.25, 0.3) is 0 Å². The smallest absolute Gasteiger partial charge is 0.462 e. The first-order valence-corrected chi connectivity index (χ1v) is 25.3. The Labute approximate surface area is 346 Å². The van der Waals surface area contributed by atoms with Crippen molar-refractivity contribution in [3.63, 3.8) is 0 Å². The Hall–Kier alpha value is -0.990. The molecule has 0 aromatic heterocycles. The lowest BCUT2D eigenvalue weighted by molar-refractivity contribution is -0.870. The summed E-state index contributed by atoms with van der Waals surface area (Å²) in [5.41, 5.74) is 0. The van der Waals surface area contributed by atoms with E-state index < -0.39 is 26.5 Å². The Morgan fingerprint density at radius 2 is 0.804 bits per heavy atom. The molecule has 0 aliphatic heterocycles. The van der Waals surface area contributed by atoms with Crippen molar-refractivity contribution in [2.75, 3.05) is 47.5 Å². The van der Waals surface area contributed by atoms with Crippen molar-refractivity contribution in [1.82, 2.24) is 0 Å². The summed E-state index contributed by atoms with van der Waals surface area (Å²) < 4.78 is 34.4. The molecule has 10 heteroatoms. The van der Waals surface area contributed by atoms with Crippen molar-refractivity contribution in [3.8, 4) is 0 Å². The van der Waals surface area contributed by atoms with E-state index in [0.29, 0.717) is 17.4 Å². The Bertz CT molecular complexity index is 927. The highest BCUT2D eigenvalue weighted by Crippen LogP contribution is 2.43. The first-order chi connectivity index (χ1) is 27.0. The molecule has 0 radical (unpaired) electrons. The van der Waals surface area contributed by atoms with Crippen LogP contribution in [0.4, 0.5) is 0 Å². The second-order valence-corrected chi connectivity index (χ2v) is 19.0. The van der Waals surface area contributed by atoms with E-state index in [4.69, 9.17) is 18.5 Å². The summed E-state index contributed by atoms with van der Waals surface area (Å²) in [6.45, 7) is 4.46. The molecule has 0 heterocycles. The number of hydrogen-bond donors (Lipinski definition) is 1. The second-order valence-electron chi connectivity index (χ2n) is 17.5.